The lowest BCUT2D eigenvalue weighted by atomic mass is 10.2. The molecule has 0 aliphatic heterocycles. The van der Waals surface area contributed by atoms with Crippen LogP contribution in [-0.2, 0) is 0 Å². The van der Waals surface area contributed by atoms with Gasteiger partial charge in [-0.2, -0.15) is 0 Å². The highest BCUT2D eigenvalue weighted by Crippen LogP contribution is 2.04. The summed E-state index contributed by atoms with van der Waals surface area (Å²) in [6, 6.07) is 4.33. The zero-order valence-corrected chi connectivity index (χ0v) is 10.9. The summed E-state index contributed by atoms with van der Waals surface area (Å²) in [6.45, 7) is 6.30. The van der Waals surface area contributed by atoms with Crippen molar-refractivity contribution in [3.05, 3.63) is 23.9 Å². The van der Waals surface area contributed by atoms with Crippen LogP contribution in [-0.4, -0.2) is 16.1 Å². The van der Waals surface area contributed by atoms with Crippen molar-refractivity contribution in [2.45, 2.75) is 39.7 Å². The van der Waals surface area contributed by atoms with E-state index in [4.69, 9.17) is 12.2 Å². The molecule has 0 amide bonds. The van der Waals surface area contributed by atoms with Gasteiger partial charge in [0.2, 0.25) is 0 Å². The Morgan fingerprint density at radius 2 is 2.25 bits per heavy atom. The molecule has 1 rings (SSSR count). The first kappa shape index (κ1) is 12.9. The number of hydrogen-bond donors (Lipinski definition) is 2. The minimum absolute atomic E-state index is 0.399. The molecular weight excluding hydrogens is 218 g/mol. The predicted octanol–water partition coefficient (Wildman–Crippen LogP) is 2.87. The summed E-state index contributed by atoms with van der Waals surface area (Å²) in [6.07, 6.45) is 4.09. The van der Waals surface area contributed by atoms with Crippen molar-refractivity contribution in [3.8, 4) is 0 Å². The molecule has 0 aliphatic rings. The van der Waals surface area contributed by atoms with Gasteiger partial charge >= 0.3 is 0 Å². The molecule has 0 aromatic carbocycles. The van der Waals surface area contributed by atoms with E-state index in [0.717, 1.165) is 24.2 Å². The number of nitrogens with one attached hydrogen (secondary N) is 2. The molecule has 16 heavy (non-hydrogen) atoms. The molecular formula is C12H19N3S. The summed E-state index contributed by atoms with van der Waals surface area (Å²) in [5, 5.41) is 6.93. The van der Waals surface area contributed by atoms with Gasteiger partial charge in [0.05, 0.1) is 0 Å². The molecule has 0 saturated carbocycles. The second-order valence-electron chi connectivity index (χ2n) is 4.01. The maximum Gasteiger partial charge on any atom is 0.172 e. The number of hydrogen-bond acceptors (Lipinski definition) is 2. The van der Waals surface area contributed by atoms with Crippen LogP contribution in [0.1, 0.15) is 32.3 Å². The molecule has 2 N–H and O–H groups in total. The highest BCUT2D eigenvalue weighted by atomic mass is 32.1. The lowest BCUT2D eigenvalue weighted by Crippen LogP contribution is -2.35. The Labute approximate surface area is 103 Å². The largest absolute Gasteiger partial charge is 0.360 e. The van der Waals surface area contributed by atoms with Crippen LogP contribution in [0.15, 0.2) is 18.3 Å². The van der Waals surface area contributed by atoms with E-state index in [-0.39, 0.29) is 0 Å². The van der Waals surface area contributed by atoms with E-state index in [2.05, 4.69) is 29.5 Å². The second-order valence-corrected chi connectivity index (χ2v) is 4.42. The molecule has 1 atom stereocenters. The van der Waals surface area contributed by atoms with Gasteiger partial charge in [-0.25, -0.2) is 4.98 Å². The van der Waals surface area contributed by atoms with Crippen molar-refractivity contribution < 1.29 is 0 Å². The molecule has 1 aromatic heterocycles. The summed E-state index contributed by atoms with van der Waals surface area (Å²) in [4.78, 5) is 4.23. The Morgan fingerprint density at radius 3 is 2.81 bits per heavy atom. The summed E-state index contributed by atoms with van der Waals surface area (Å²) in [7, 11) is 0. The van der Waals surface area contributed by atoms with Crippen LogP contribution < -0.4 is 10.6 Å². The third-order valence-corrected chi connectivity index (χ3v) is 2.47. The average molecular weight is 237 g/mol. The van der Waals surface area contributed by atoms with Crippen molar-refractivity contribution >= 4 is 23.1 Å². The van der Waals surface area contributed by atoms with E-state index in [1.165, 1.54) is 0 Å². The summed E-state index contributed by atoms with van der Waals surface area (Å²) in [5.74, 6) is 0.784. The molecule has 0 unspecified atom stereocenters. The molecule has 0 fully saturated rings. The van der Waals surface area contributed by atoms with Gasteiger partial charge in [-0.05, 0) is 44.1 Å². The Hall–Kier alpha value is -1.16. The average Bonchev–Trinajstić information content (AvgIpc) is 2.21. The van der Waals surface area contributed by atoms with Crippen molar-refractivity contribution in [2.24, 2.45) is 0 Å². The van der Waals surface area contributed by atoms with E-state index in [1.807, 2.05) is 25.3 Å². The lowest BCUT2D eigenvalue weighted by molar-refractivity contribution is 0.599. The molecule has 0 saturated heterocycles. The zero-order chi connectivity index (χ0) is 12.0. The van der Waals surface area contributed by atoms with Crippen LogP contribution in [0.5, 0.6) is 0 Å². The molecule has 1 heterocycles. The fraction of sp³-hybridized carbons (Fsp3) is 0.500. The summed E-state index contributed by atoms with van der Waals surface area (Å²) in [5.41, 5.74) is 1.14. The van der Waals surface area contributed by atoms with Gasteiger partial charge in [-0.15, -0.1) is 0 Å². The SMILES string of the molecule is CCC[C@H](C)NC(=S)Nc1ccc(C)cn1. The first-order valence-electron chi connectivity index (χ1n) is 5.62. The van der Waals surface area contributed by atoms with Gasteiger partial charge in [-0.1, -0.05) is 19.4 Å². The van der Waals surface area contributed by atoms with Crippen LogP contribution in [0.4, 0.5) is 5.82 Å². The van der Waals surface area contributed by atoms with Crippen LogP contribution >= 0.6 is 12.2 Å². The maximum absolute atomic E-state index is 5.20. The van der Waals surface area contributed by atoms with E-state index in [9.17, 15) is 0 Å². The van der Waals surface area contributed by atoms with Crippen LogP contribution in [0, 0.1) is 6.92 Å². The monoisotopic (exact) mass is 237 g/mol. The maximum atomic E-state index is 5.20. The van der Waals surface area contributed by atoms with Crippen LogP contribution in [0.2, 0.25) is 0 Å². The Balaban J connectivity index is 2.42. The number of thiocarbonyl (C=S) groups is 1. The quantitative estimate of drug-likeness (QED) is 0.790. The number of aromatic nitrogens is 1. The normalized spacial score (nSPS) is 11.9. The van der Waals surface area contributed by atoms with Crippen molar-refractivity contribution in [2.75, 3.05) is 5.32 Å². The highest BCUT2D eigenvalue weighted by molar-refractivity contribution is 7.80. The lowest BCUT2D eigenvalue weighted by Gasteiger charge is -2.15. The molecule has 1 aromatic rings. The minimum Gasteiger partial charge on any atom is -0.360 e. The Morgan fingerprint density at radius 1 is 1.50 bits per heavy atom. The standard InChI is InChI=1S/C12H19N3S/c1-4-5-10(3)14-12(16)15-11-7-6-9(2)8-13-11/h6-8,10H,4-5H2,1-3H3,(H2,13,14,15,16)/t10-/m0/s1. The smallest absolute Gasteiger partial charge is 0.172 e. The third-order valence-electron chi connectivity index (χ3n) is 2.25. The zero-order valence-electron chi connectivity index (χ0n) is 10.1. The number of rotatable bonds is 4. The predicted molar refractivity (Wildman–Crippen MR) is 72.7 cm³/mol. The molecule has 3 nitrogen and oxygen atoms in total. The Kier molecular flexibility index (Phi) is 5.19. The molecule has 0 spiro atoms. The van der Waals surface area contributed by atoms with E-state index < -0.39 is 0 Å². The molecule has 4 heteroatoms. The van der Waals surface area contributed by atoms with E-state index >= 15 is 0 Å². The summed E-state index contributed by atoms with van der Waals surface area (Å²) < 4.78 is 0. The van der Waals surface area contributed by atoms with E-state index in [0.29, 0.717) is 11.2 Å². The number of pyridine rings is 1. The van der Waals surface area contributed by atoms with Gasteiger partial charge < -0.3 is 10.6 Å². The molecule has 0 radical (unpaired) electrons. The van der Waals surface area contributed by atoms with Gasteiger partial charge in [0.1, 0.15) is 5.82 Å². The number of aryl methyl sites for hydroxylation is 1. The molecule has 0 bridgehead atoms. The second kappa shape index (κ2) is 6.43. The van der Waals surface area contributed by atoms with Crippen molar-refractivity contribution in [1.29, 1.82) is 0 Å². The van der Waals surface area contributed by atoms with Gasteiger partial charge in [0.25, 0.3) is 0 Å². The fourth-order valence-corrected chi connectivity index (χ4v) is 1.73. The first-order valence-corrected chi connectivity index (χ1v) is 6.02. The topological polar surface area (TPSA) is 37.0 Å². The third kappa shape index (κ3) is 4.57. The van der Waals surface area contributed by atoms with Crippen molar-refractivity contribution in [1.82, 2.24) is 10.3 Å². The van der Waals surface area contributed by atoms with Crippen LogP contribution in [0.3, 0.4) is 0 Å². The Bertz CT molecular complexity index is 335. The number of nitrogens with zero attached hydrogens (tertiary/aromatic N) is 1. The fourth-order valence-electron chi connectivity index (χ4n) is 1.42. The van der Waals surface area contributed by atoms with E-state index in [1.54, 1.807) is 0 Å². The first-order chi connectivity index (χ1) is 7.61. The minimum atomic E-state index is 0.399. The summed E-state index contributed by atoms with van der Waals surface area (Å²) >= 11 is 5.20. The molecule has 88 valence electrons. The van der Waals surface area contributed by atoms with Crippen LogP contribution in [0.25, 0.3) is 0 Å². The van der Waals surface area contributed by atoms with Gasteiger partial charge in [0, 0.05) is 12.2 Å². The highest BCUT2D eigenvalue weighted by Gasteiger charge is 2.03. The molecule has 0 aliphatic carbocycles. The van der Waals surface area contributed by atoms with Gasteiger partial charge in [0.15, 0.2) is 5.11 Å². The van der Waals surface area contributed by atoms with Gasteiger partial charge in [-0.3, -0.25) is 0 Å². The van der Waals surface area contributed by atoms with Crippen molar-refractivity contribution in [3.63, 3.8) is 0 Å². The number of anilines is 1.